The first-order valence-electron chi connectivity index (χ1n) is 6.58. The minimum atomic E-state index is 0.207. The first kappa shape index (κ1) is 14.1. The molecule has 0 bridgehead atoms. The molecule has 0 aromatic rings. The third kappa shape index (κ3) is 5.74. The van der Waals surface area contributed by atoms with Crippen LogP contribution in [0, 0.1) is 24.2 Å². The first-order chi connectivity index (χ1) is 8.17. The van der Waals surface area contributed by atoms with E-state index in [-0.39, 0.29) is 5.91 Å². The van der Waals surface area contributed by atoms with Crippen LogP contribution in [0.1, 0.15) is 39.0 Å². The fourth-order valence-corrected chi connectivity index (χ4v) is 1.93. The Labute approximate surface area is 105 Å². The van der Waals surface area contributed by atoms with Gasteiger partial charge < -0.3 is 10.6 Å². The van der Waals surface area contributed by atoms with E-state index < -0.39 is 0 Å². The summed E-state index contributed by atoms with van der Waals surface area (Å²) in [4.78, 5) is 13.8. The highest BCUT2D eigenvalue weighted by Gasteiger charge is 2.26. The normalized spacial score (nSPS) is 16.3. The third-order valence-electron chi connectivity index (χ3n) is 3.32. The van der Waals surface area contributed by atoms with Crippen LogP contribution in [0.4, 0.5) is 0 Å². The van der Waals surface area contributed by atoms with E-state index in [1.54, 1.807) is 0 Å². The molecule has 0 spiro atoms. The molecule has 1 atom stereocenters. The molecular formula is C14H24N2O. The highest BCUT2D eigenvalue weighted by molar-refractivity contribution is 5.76. The highest BCUT2D eigenvalue weighted by Crippen LogP contribution is 2.29. The van der Waals surface area contributed by atoms with Gasteiger partial charge in [0.05, 0.1) is 6.54 Å². The number of amides is 1. The van der Waals surface area contributed by atoms with E-state index >= 15 is 0 Å². The smallest absolute Gasteiger partial charge is 0.223 e. The highest BCUT2D eigenvalue weighted by atomic mass is 16.2. The number of nitrogens with zero attached hydrogens (tertiary/aromatic N) is 1. The van der Waals surface area contributed by atoms with E-state index in [9.17, 15) is 4.79 Å². The second-order valence-corrected chi connectivity index (χ2v) is 5.14. The summed E-state index contributed by atoms with van der Waals surface area (Å²) in [5.74, 6) is 4.01. The minimum Gasteiger partial charge on any atom is -0.331 e. The van der Waals surface area contributed by atoms with Gasteiger partial charge in [-0.3, -0.25) is 4.79 Å². The van der Waals surface area contributed by atoms with Crippen molar-refractivity contribution in [3.8, 4) is 12.3 Å². The lowest BCUT2D eigenvalue weighted by Crippen LogP contribution is -2.33. The van der Waals surface area contributed by atoms with Crippen molar-refractivity contribution in [2.24, 2.45) is 17.6 Å². The van der Waals surface area contributed by atoms with Gasteiger partial charge in [-0.15, -0.1) is 6.42 Å². The molecule has 3 heteroatoms. The lowest BCUT2D eigenvalue weighted by Gasteiger charge is -2.21. The number of carbonyl (C=O) groups is 1. The Bertz CT molecular complexity index is 278. The van der Waals surface area contributed by atoms with Crippen LogP contribution in [0.15, 0.2) is 0 Å². The van der Waals surface area contributed by atoms with Crippen LogP contribution < -0.4 is 5.73 Å². The number of hydrogen-bond donors (Lipinski definition) is 1. The van der Waals surface area contributed by atoms with E-state index in [2.05, 4.69) is 12.8 Å². The van der Waals surface area contributed by atoms with Gasteiger partial charge >= 0.3 is 0 Å². The van der Waals surface area contributed by atoms with E-state index in [1.165, 1.54) is 12.8 Å². The quantitative estimate of drug-likeness (QED) is 0.651. The lowest BCUT2D eigenvalue weighted by atomic mass is 10.0. The second-order valence-electron chi connectivity index (χ2n) is 5.14. The summed E-state index contributed by atoms with van der Waals surface area (Å²) in [5, 5.41) is 0. The van der Waals surface area contributed by atoms with E-state index in [4.69, 9.17) is 12.2 Å². The first-order valence-corrected chi connectivity index (χ1v) is 6.58. The molecule has 1 amide bonds. The van der Waals surface area contributed by atoms with Gasteiger partial charge in [-0.05, 0) is 44.1 Å². The average molecular weight is 236 g/mol. The summed E-state index contributed by atoms with van der Waals surface area (Å²) in [6.45, 7) is 4.16. The van der Waals surface area contributed by atoms with Crippen LogP contribution >= 0.6 is 0 Å². The standard InChI is InChI=1S/C14H24N2O/c1-3-10-16(11-13-5-6-13)14(17)7-4-12(2)8-9-15/h1,12-13H,4-11,15H2,2H3. The van der Waals surface area contributed by atoms with Gasteiger partial charge in [0, 0.05) is 13.0 Å². The van der Waals surface area contributed by atoms with Crippen LogP contribution in [0.5, 0.6) is 0 Å². The SMILES string of the molecule is C#CCN(CC1CC1)C(=O)CCC(C)CCN. The molecule has 1 unspecified atom stereocenters. The van der Waals surface area contributed by atoms with Gasteiger partial charge in [-0.25, -0.2) is 0 Å². The van der Waals surface area contributed by atoms with E-state index in [0.717, 1.165) is 19.4 Å². The summed E-state index contributed by atoms with van der Waals surface area (Å²) in [6.07, 6.45) is 10.3. The fourth-order valence-electron chi connectivity index (χ4n) is 1.93. The van der Waals surface area contributed by atoms with Crippen LogP contribution in [0.2, 0.25) is 0 Å². The third-order valence-corrected chi connectivity index (χ3v) is 3.32. The maximum atomic E-state index is 12.0. The molecule has 3 nitrogen and oxygen atoms in total. The molecule has 0 saturated heterocycles. The van der Waals surface area contributed by atoms with Gasteiger partial charge in [0.1, 0.15) is 0 Å². The Balaban J connectivity index is 2.28. The zero-order valence-electron chi connectivity index (χ0n) is 10.8. The maximum absolute atomic E-state index is 12.0. The Kier molecular flexibility index (Phi) is 6.07. The van der Waals surface area contributed by atoms with Crippen molar-refractivity contribution in [2.75, 3.05) is 19.6 Å². The second kappa shape index (κ2) is 7.34. The van der Waals surface area contributed by atoms with Crippen LogP contribution in [-0.4, -0.2) is 30.4 Å². The molecule has 17 heavy (non-hydrogen) atoms. The Morgan fingerprint density at radius 1 is 1.53 bits per heavy atom. The molecule has 0 heterocycles. The zero-order chi connectivity index (χ0) is 12.7. The minimum absolute atomic E-state index is 0.207. The Morgan fingerprint density at radius 3 is 2.76 bits per heavy atom. The molecule has 0 radical (unpaired) electrons. The zero-order valence-corrected chi connectivity index (χ0v) is 10.8. The predicted molar refractivity (Wildman–Crippen MR) is 70.2 cm³/mol. The summed E-state index contributed by atoms with van der Waals surface area (Å²) < 4.78 is 0. The summed E-state index contributed by atoms with van der Waals surface area (Å²) in [5.41, 5.74) is 5.50. The molecule has 0 aliphatic heterocycles. The molecule has 2 N–H and O–H groups in total. The van der Waals surface area contributed by atoms with Gasteiger partial charge in [0.2, 0.25) is 5.91 Å². The van der Waals surface area contributed by atoms with Crippen molar-refractivity contribution >= 4 is 5.91 Å². The summed E-state index contributed by atoms with van der Waals surface area (Å²) >= 11 is 0. The van der Waals surface area contributed by atoms with Gasteiger partial charge in [-0.1, -0.05) is 12.8 Å². The number of terminal acetylenes is 1. The predicted octanol–water partition coefficient (Wildman–Crippen LogP) is 1.62. The molecule has 1 rings (SSSR count). The molecule has 0 aromatic carbocycles. The van der Waals surface area contributed by atoms with Crippen molar-refractivity contribution in [1.29, 1.82) is 0 Å². The van der Waals surface area contributed by atoms with Gasteiger partial charge in [0.15, 0.2) is 0 Å². The number of rotatable bonds is 8. The van der Waals surface area contributed by atoms with Crippen molar-refractivity contribution in [2.45, 2.75) is 39.0 Å². The largest absolute Gasteiger partial charge is 0.331 e. The van der Waals surface area contributed by atoms with Crippen molar-refractivity contribution in [3.63, 3.8) is 0 Å². The monoisotopic (exact) mass is 236 g/mol. The van der Waals surface area contributed by atoms with Crippen molar-refractivity contribution in [1.82, 2.24) is 4.90 Å². The Morgan fingerprint density at radius 2 is 2.24 bits per heavy atom. The van der Waals surface area contributed by atoms with E-state index in [1.807, 2.05) is 4.90 Å². The number of hydrogen-bond acceptors (Lipinski definition) is 2. The summed E-state index contributed by atoms with van der Waals surface area (Å²) in [6, 6.07) is 0. The van der Waals surface area contributed by atoms with Crippen LogP contribution in [-0.2, 0) is 4.79 Å². The van der Waals surface area contributed by atoms with Crippen LogP contribution in [0.25, 0.3) is 0 Å². The average Bonchev–Trinajstić information content (AvgIpc) is 3.09. The maximum Gasteiger partial charge on any atom is 0.223 e. The molecule has 96 valence electrons. The molecule has 1 aliphatic rings. The summed E-state index contributed by atoms with van der Waals surface area (Å²) in [7, 11) is 0. The van der Waals surface area contributed by atoms with Crippen LogP contribution in [0.3, 0.4) is 0 Å². The van der Waals surface area contributed by atoms with Crippen molar-refractivity contribution < 1.29 is 4.79 Å². The topological polar surface area (TPSA) is 46.3 Å². The van der Waals surface area contributed by atoms with Gasteiger partial charge in [-0.2, -0.15) is 0 Å². The molecule has 1 aliphatic carbocycles. The Hall–Kier alpha value is -1.01. The lowest BCUT2D eigenvalue weighted by molar-refractivity contribution is -0.131. The molecule has 1 saturated carbocycles. The number of carbonyl (C=O) groups excluding carboxylic acids is 1. The molecular weight excluding hydrogens is 212 g/mol. The fraction of sp³-hybridized carbons (Fsp3) is 0.786. The van der Waals surface area contributed by atoms with Crippen molar-refractivity contribution in [3.05, 3.63) is 0 Å². The van der Waals surface area contributed by atoms with E-state index in [0.29, 0.717) is 31.3 Å². The molecule has 1 fully saturated rings. The molecule has 0 aromatic heterocycles. The number of nitrogens with two attached hydrogens (primary N) is 1. The van der Waals surface area contributed by atoms with Gasteiger partial charge in [0.25, 0.3) is 0 Å².